The van der Waals surface area contributed by atoms with Gasteiger partial charge in [0.05, 0.1) is 6.07 Å². The molecule has 0 radical (unpaired) electrons. The van der Waals surface area contributed by atoms with Crippen LogP contribution in [0.5, 0.6) is 0 Å². The van der Waals surface area contributed by atoms with Crippen LogP contribution in [0.1, 0.15) is 11.3 Å². The Hall–Kier alpha value is -2.67. The summed E-state index contributed by atoms with van der Waals surface area (Å²) in [5, 5.41) is 11.9. The minimum atomic E-state index is -0.714. The van der Waals surface area contributed by atoms with Gasteiger partial charge in [0.25, 0.3) is 0 Å². The summed E-state index contributed by atoms with van der Waals surface area (Å²) in [6.07, 6.45) is 1.99. The number of aromatic nitrogens is 1. The van der Waals surface area contributed by atoms with Crippen molar-refractivity contribution in [3.8, 4) is 6.07 Å². The predicted molar refractivity (Wildman–Crippen MR) is 75.3 cm³/mol. The molecule has 0 bridgehead atoms. The summed E-state index contributed by atoms with van der Waals surface area (Å²) in [4.78, 5) is 16.1. The number of carbonyl (C=O) groups is 1. The molecule has 0 aliphatic carbocycles. The van der Waals surface area contributed by atoms with E-state index in [1.807, 2.05) is 48.5 Å². The van der Waals surface area contributed by atoms with Crippen molar-refractivity contribution >= 4 is 5.91 Å². The molecule has 2 rings (SSSR count). The lowest BCUT2D eigenvalue weighted by molar-refractivity contribution is -0.123. The van der Waals surface area contributed by atoms with Gasteiger partial charge in [-0.1, -0.05) is 36.4 Å². The molecule has 20 heavy (non-hydrogen) atoms. The second kappa shape index (κ2) is 7.05. The van der Waals surface area contributed by atoms with Crippen molar-refractivity contribution in [3.05, 3.63) is 66.0 Å². The molecule has 1 N–H and O–H groups in total. The molecule has 1 aromatic carbocycles. The van der Waals surface area contributed by atoms with E-state index in [2.05, 4.69) is 10.3 Å². The van der Waals surface area contributed by atoms with Gasteiger partial charge in [-0.3, -0.25) is 9.78 Å². The molecule has 0 fully saturated rings. The van der Waals surface area contributed by atoms with Crippen molar-refractivity contribution in [2.24, 2.45) is 5.92 Å². The Bertz CT molecular complexity index is 590. The van der Waals surface area contributed by atoms with Gasteiger partial charge in [0.1, 0.15) is 5.92 Å². The van der Waals surface area contributed by atoms with E-state index in [-0.39, 0.29) is 5.91 Å². The predicted octanol–water partition coefficient (Wildman–Crippen LogP) is 2.08. The maximum Gasteiger partial charge on any atom is 0.238 e. The molecular formula is C16H15N3O. The smallest absolute Gasteiger partial charge is 0.238 e. The third kappa shape index (κ3) is 3.92. The van der Waals surface area contributed by atoms with Crippen LogP contribution < -0.4 is 5.32 Å². The second-order valence-electron chi connectivity index (χ2n) is 4.41. The zero-order chi connectivity index (χ0) is 14.2. The summed E-state index contributed by atoms with van der Waals surface area (Å²) in [6, 6.07) is 17.1. The highest BCUT2D eigenvalue weighted by Crippen LogP contribution is 2.06. The fourth-order valence-corrected chi connectivity index (χ4v) is 1.83. The number of carbonyl (C=O) groups excluding carboxylic acids is 1. The van der Waals surface area contributed by atoms with E-state index >= 15 is 0 Å². The first-order chi connectivity index (χ1) is 9.79. The Labute approximate surface area is 118 Å². The lowest BCUT2D eigenvalue weighted by Gasteiger charge is -2.10. The Morgan fingerprint density at radius 2 is 1.95 bits per heavy atom. The summed E-state index contributed by atoms with van der Waals surface area (Å²) in [5.41, 5.74) is 1.75. The standard InChI is InChI=1S/C16H15N3O/c17-11-14(10-15-8-4-5-9-18-15)16(20)19-12-13-6-2-1-3-7-13/h1-9,14H,10,12H2,(H,19,20). The molecule has 2 aromatic rings. The zero-order valence-electron chi connectivity index (χ0n) is 11.0. The van der Waals surface area contributed by atoms with Crippen molar-refractivity contribution in [3.63, 3.8) is 0 Å². The van der Waals surface area contributed by atoms with Crippen LogP contribution in [0.3, 0.4) is 0 Å². The van der Waals surface area contributed by atoms with Gasteiger partial charge in [-0.25, -0.2) is 0 Å². The van der Waals surface area contributed by atoms with Crippen LogP contribution >= 0.6 is 0 Å². The number of nitrogens with zero attached hydrogens (tertiary/aromatic N) is 2. The summed E-state index contributed by atoms with van der Waals surface area (Å²) < 4.78 is 0. The first-order valence-electron chi connectivity index (χ1n) is 6.41. The number of hydrogen-bond acceptors (Lipinski definition) is 3. The van der Waals surface area contributed by atoms with Crippen molar-refractivity contribution in [1.82, 2.24) is 10.3 Å². The molecule has 1 atom stereocenters. The van der Waals surface area contributed by atoms with Crippen LogP contribution in [0.25, 0.3) is 0 Å². The van der Waals surface area contributed by atoms with Crippen molar-refractivity contribution in [2.45, 2.75) is 13.0 Å². The minimum Gasteiger partial charge on any atom is -0.351 e. The topological polar surface area (TPSA) is 65.8 Å². The number of hydrogen-bond donors (Lipinski definition) is 1. The third-order valence-corrected chi connectivity index (χ3v) is 2.92. The van der Waals surface area contributed by atoms with Crippen LogP contribution in [0.2, 0.25) is 0 Å². The lowest BCUT2D eigenvalue weighted by Crippen LogP contribution is -2.30. The molecule has 0 aliphatic heterocycles. The van der Waals surface area contributed by atoms with Gasteiger partial charge in [0.15, 0.2) is 0 Å². The van der Waals surface area contributed by atoms with Crippen molar-refractivity contribution < 1.29 is 4.79 Å². The Morgan fingerprint density at radius 3 is 2.60 bits per heavy atom. The number of pyridine rings is 1. The molecule has 1 amide bonds. The maximum absolute atomic E-state index is 12.0. The van der Waals surface area contributed by atoms with Gasteiger partial charge in [0.2, 0.25) is 5.91 Å². The van der Waals surface area contributed by atoms with Gasteiger partial charge in [-0.2, -0.15) is 5.26 Å². The third-order valence-electron chi connectivity index (χ3n) is 2.92. The molecular weight excluding hydrogens is 250 g/mol. The van der Waals surface area contributed by atoms with Crippen LogP contribution in [0.15, 0.2) is 54.7 Å². The van der Waals surface area contributed by atoms with E-state index in [1.165, 1.54) is 0 Å². The minimum absolute atomic E-state index is 0.262. The normalized spacial score (nSPS) is 11.3. The highest BCUT2D eigenvalue weighted by molar-refractivity contribution is 5.81. The molecule has 0 saturated carbocycles. The first-order valence-corrected chi connectivity index (χ1v) is 6.41. The monoisotopic (exact) mass is 265 g/mol. The van der Waals surface area contributed by atoms with Crippen LogP contribution in [0.4, 0.5) is 0 Å². The number of amides is 1. The quantitative estimate of drug-likeness (QED) is 0.900. The zero-order valence-corrected chi connectivity index (χ0v) is 11.0. The molecule has 0 aliphatic rings. The molecule has 0 saturated heterocycles. The number of nitriles is 1. The number of benzene rings is 1. The number of nitrogens with one attached hydrogen (secondary N) is 1. The summed E-state index contributed by atoms with van der Waals surface area (Å²) in [7, 11) is 0. The number of rotatable bonds is 5. The second-order valence-corrected chi connectivity index (χ2v) is 4.41. The fourth-order valence-electron chi connectivity index (χ4n) is 1.83. The van der Waals surface area contributed by atoms with Crippen LogP contribution in [-0.4, -0.2) is 10.9 Å². The van der Waals surface area contributed by atoms with Crippen LogP contribution in [-0.2, 0) is 17.8 Å². The lowest BCUT2D eigenvalue weighted by atomic mass is 10.0. The van der Waals surface area contributed by atoms with Gasteiger partial charge in [-0.05, 0) is 17.7 Å². The molecule has 0 spiro atoms. The van der Waals surface area contributed by atoms with E-state index in [9.17, 15) is 4.79 Å². The first kappa shape index (κ1) is 13.8. The molecule has 1 aromatic heterocycles. The van der Waals surface area contributed by atoms with Crippen molar-refractivity contribution in [1.29, 1.82) is 5.26 Å². The van der Waals surface area contributed by atoms with E-state index < -0.39 is 5.92 Å². The van der Waals surface area contributed by atoms with Gasteiger partial charge in [0, 0.05) is 24.9 Å². The highest BCUT2D eigenvalue weighted by atomic mass is 16.1. The Balaban J connectivity index is 1.91. The average molecular weight is 265 g/mol. The molecule has 4 nitrogen and oxygen atoms in total. The van der Waals surface area contributed by atoms with Crippen molar-refractivity contribution in [2.75, 3.05) is 0 Å². The van der Waals surface area contributed by atoms with Crippen LogP contribution in [0, 0.1) is 17.2 Å². The van der Waals surface area contributed by atoms with E-state index in [4.69, 9.17) is 5.26 Å². The molecule has 1 heterocycles. The molecule has 1 unspecified atom stereocenters. The fraction of sp³-hybridized carbons (Fsp3) is 0.188. The summed E-state index contributed by atoms with van der Waals surface area (Å²) in [6.45, 7) is 0.431. The Morgan fingerprint density at radius 1 is 1.20 bits per heavy atom. The van der Waals surface area contributed by atoms with Gasteiger partial charge >= 0.3 is 0 Å². The van der Waals surface area contributed by atoms with E-state index in [0.717, 1.165) is 11.3 Å². The molecule has 100 valence electrons. The van der Waals surface area contributed by atoms with Gasteiger partial charge in [-0.15, -0.1) is 0 Å². The van der Waals surface area contributed by atoms with E-state index in [1.54, 1.807) is 12.3 Å². The summed E-state index contributed by atoms with van der Waals surface area (Å²) in [5.74, 6) is -0.976. The van der Waals surface area contributed by atoms with Gasteiger partial charge < -0.3 is 5.32 Å². The largest absolute Gasteiger partial charge is 0.351 e. The summed E-state index contributed by atoms with van der Waals surface area (Å²) >= 11 is 0. The maximum atomic E-state index is 12.0. The molecule has 4 heteroatoms. The Kier molecular flexibility index (Phi) is 4.85. The highest BCUT2D eigenvalue weighted by Gasteiger charge is 2.18. The average Bonchev–Trinajstić information content (AvgIpc) is 2.52. The van der Waals surface area contributed by atoms with E-state index in [0.29, 0.717) is 13.0 Å². The SMILES string of the molecule is N#CC(Cc1ccccn1)C(=O)NCc1ccccc1.